The average Bonchev–Trinajstić information content (AvgIpc) is 2.57. The predicted molar refractivity (Wildman–Crippen MR) is 66.1 cm³/mol. The molecule has 5 heteroatoms. The van der Waals surface area contributed by atoms with Crippen molar-refractivity contribution in [3.8, 4) is 0 Å². The number of benzene rings is 1. The molecule has 1 aromatic rings. The van der Waals surface area contributed by atoms with Crippen LogP contribution in [0.4, 0.5) is 5.69 Å². The fourth-order valence-corrected chi connectivity index (χ4v) is 1.71. The van der Waals surface area contributed by atoms with E-state index in [1.54, 1.807) is 24.1 Å². The van der Waals surface area contributed by atoms with Crippen LogP contribution in [0, 0.1) is 4.91 Å². The van der Waals surface area contributed by atoms with Crippen molar-refractivity contribution >= 4 is 23.0 Å². The molecule has 0 fully saturated rings. The zero-order valence-corrected chi connectivity index (χ0v) is 9.90. The molecule has 1 atom stereocenters. The van der Waals surface area contributed by atoms with Crippen LogP contribution < -0.4 is 5.01 Å². The lowest BCUT2D eigenvalue weighted by Crippen LogP contribution is -2.34. The van der Waals surface area contributed by atoms with E-state index in [0.717, 1.165) is 11.4 Å². The van der Waals surface area contributed by atoms with Gasteiger partial charge in [-0.05, 0) is 38.1 Å². The van der Waals surface area contributed by atoms with Crippen molar-refractivity contribution in [1.29, 1.82) is 0 Å². The van der Waals surface area contributed by atoms with Gasteiger partial charge in [0.1, 0.15) is 0 Å². The molecule has 0 spiro atoms. The molecule has 0 saturated heterocycles. The van der Waals surface area contributed by atoms with Crippen LogP contribution in [0.15, 0.2) is 34.5 Å². The van der Waals surface area contributed by atoms with E-state index >= 15 is 0 Å². The summed E-state index contributed by atoms with van der Waals surface area (Å²) in [5.41, 5.74) is 0.924. The molecule has 1 aliphatic rings. The molecule has 4 nitrogen and oxygen atoms in total. The van der Waals surface area contributed by atoms with Crippen LogP contribution in [0.25, 0.3) is 0 Å². The Bertz CT molecular complexity index is 443. The number of hydrogen-bond donors (Lipinski definition) is 0. The molecule has 1 aliphatic heterocycles. The van der Waals surface area contributed by atoms with Crippen LogP contribution in [0.3, 0.4) is 0 Å². The second-order valence-corrected chi connectivity index (χ2v) is 4.52. The van der Waals surface area contributed by atoms with Gasteiger partial charge >= 0.3 is 0 Å². The predicted octanol–water partition coefficient (Wildman–Crippen LogP) is 3.06. The van der Waals surface area contributed by atoms with Crippen molar-refractivity contribution in [3.63, 3.8) is 0 Å². The van der Waals surface area contributed by atoms with Crippen LogP contribution in [0.5, 0.6) is 0 Å². The Kier molecular flexibility index (Phi) is 2.68. The maximum absolute atomic E-state index is 10.8. The van der Waals surface area contributed by atoms with Gasteiger partial charge < -0.3 is 0 Å². The summed E-state index contributed by atoms with van der Waals surface area (Å²) in [6.07, 6.45) is 0. The molecular formula is C11H12ClN3O. The summed E-state index contributed by atoms with van der Waals surface area (Å²) in [6, 6.07) is 7.34. The molecule has 0 radical (unpaired) electrons. The maximum Gasteiger partial charge on any atom is 0.158 e. The minimum Gasteiger partial charge on any atom is -0.263 e. The summed E-state index contributed by atoms with van der Waals surface area (Å²) in [7, 11) is 0. The molecule has 0 bridgehead atoms. The van der Waals surface area contributed by atoms with Crippen molar-refractivity contribution in [2.24, 2.45) is 10.3 Å². The molecule has 1 aromatic carbocycles. The summed E-state index contributed by atoms with van der Waals surface area (Å²) in [5, 5.41) is 9.92. The van der Waals surface area contributed by atoms with Gasteiger partial charge in [-0.15, -0.1) is 4.91 Å². The van der Waals surface area contributed by atoms with Crippen molar-refractivity contribution in [2.45, 2.75) is 19.4 Å². The Hall–Kier alpha value is -1.42. The smallest absolute Gasteiger partial charge is 0.158 e. The largest absolute Gasteiger partial charge is 0.263 e. The van der Waals surface area contributed by atoms with E-state index in [4.69, 9.17) is 11.6 Å². The topological polar surface area (TPSA) is 45.0 Å². The summed E-state index contributed by atoms with van der Waals surface area (Å²) in [5.74, 6) is 0. The quantitative estimate of drug-likeness (QED) is 0.742. The lowest BCUT2D eigenvalue weighted by Gasteiger charge is -2.18. The van der Waals surface area contributed by atoms with Gasteiger partial charge in [0.25, 0.3) is 0 Å². The number of rotatable bonds is 2. The normalized spacial score (nSPS) is 24.4. The number of nitrogens with zero attached hydrogens (tertiary/aromatic N) is 3. The highest BCUT2D eigenvalue weighted by molar-refractivity contribution is 6.30. The Morgan fingerprint density at radius 3 is 2.56 bits per heavy atom. The van der Waals surface area contributed by atoms with Gasteiger partial charge in [-0.1, -0.05) is 16.8 Å². The van der Waals surface area contributed by atoms with Gasteiger partial charge in [0.15, 0.2) is 5.54 Å². The first-order chi connectivity index (χ1) is 7.55. The van der Waals surface area contributed by atoms with Crippen LogP contribution in [0.1, 0.15) is 13.8 Å². The number of nitroso groups, excluding NO2 is 1. The molecule has 16 heavy (non-hydrogen) atoms. The van der Waals surface area contributed by atoms with Gasteiger partial charge in [-0.25, -0.2) is 0 Å². The average molecular weight is 238 g/mol. The lowest BCUT2D eigenvalue weighted by molar-refractivity contribution is 0.642. The summed E-state index contributed by atoms with van der Waals surface area (Å²) >= 11 is 5.81. The van der Waals surface area contributed by atoms with Gasteiger partial charge in [0, 0.05) is 5.02 Å². The van der Waals surface area contributed by atoms with Gasteiger partial charge in [-0.3, -0.25) is 5.01 Å². The second-order valence-electron chi connectivity index (χ2n) is 4.08. The number of halogens is 1. The van der Waals surface area contributed by atoms with Crippen molar-refractivity contribution < 1.29 is 0 Å². The van der Waals surface area contributed by atoms with Crippen LogP contribution in [-0.2, 0) is 0 Å². The fourth-order valence-electron chi connectivity index (χ4n) is 1.59. The maximum atomic E-state index is 10.8. The Balaban J connectivity index is 2.27. The molecule has 0 aliphatic carbocycles. The SMILES string of the molecule is CC1=NN(c2ccc(Cl)cc2)C[C@@]1(C)N=O. The molecule has 0 saturated carbocycles. The van der Waals surface area contributed by atoms with E-state index < -0.39 is 5.54 Å². The molecule has 1 heterocycles. The van der Waals surface area contributed by atoms with E-state index in [0.29, 0.717) is 11.6 Å². The Labute approximate surface area is 98.9 Å². The van der Waals surface area contributed by atoms with Crippen molar-refractivity contribution in [3.05, 3.63) is 34.2 Å². The highest BCUT2D eigenvalue weighted by Gasteiger charge is 2.37. The highest BCUT2D eigenvalue weighted by Crippen LogP contribution is 2.28. The first-order valence-corrected chi connectivity index (χ1v) is 5.36. The first-order valence-electron chi connectivity index (χ1n) is 4.98. The van der Waals surface area contributed by atoms with E-state index in [1.165, 1.54) is 0 Å². The molecule has 0 amide bonds. The summed E-state index contributed by atoms with van der Waals surface area (Å²) < 4.78 is 0. The van der Waals surface area contributed by atoms with E-state index in [9.17, 15) is 4.91 Å². The third-order valence-electron chi connectivity index (χ3n) is 2.83. The molecule has 0 N–H and O–H groups in total. The van der Waals surface area contributed by atoms with Crippen molar-refractivity contribution in [2.75, 3.05) is 11.6 Å². The number of hydrazone groups is 1. The Morgan fingerprint density at radius 2 is 2.06 bits per heavy atom. The van der Waals surface area contributed by atoms with Crippen LogP contribution in [0.2, 0.25) is 5.02 Å². The number of anilines is 1. The second kappa shape index (κ2) is 3.87. The molecular weight excluding hydrogens is 226 g/mol. The van der Waals surface area contributed by atoms with Gasteiger partial charge in [0.2, 0.25) is 0 Å². The van der Waals surface area contributed by atoms with Crippen LogP contribution >= 0.6 is 11.6 Å². The van der Waals surface area contributed by atoms with E-state index in [-0.39, 0.29) is 0 Å². The van der Waals surface area contributed by atoms with Crippen molar-refractivity contribution in [1.82, 2.24) is 0 Å². The minimum absolute atomic E-state index is 0.476. The van der Waals surface area contributed by atoms with Gasteiger partial charge in [-0.2, -0.15) is 5.10 Å². The lowest BCUT2D eigenvalue weighted by atomic mass is 9.99. The summed E-state index contributed by atoms with van der Waals surface area (Å²) in [4.78, 5) is 10.8. The zero-order chi connectivity index (χ0) is 11.8. The van der Waals surface area contributed by atoms with Crippen LogP contribution in [-0.4, -0.2) is 17.8 Å². The first kappa shape index (κ1) is 11.1. The fraction of sp³-hybridized carbons (Fsp3) is 0.364. The molecule has 84 valence electrons. The van der Waals surface area contributed by atoms with Gasteiger partial charge in [0.05, 0.1) is 17.9 Å². The highest BCUT2D eigenvalue weighted by atomic mass is 35.5. The molecule has 2 rings (SSSR count). The molecule has 0 unspecified atom stereocenters. The third-order valence-corrected chi connectivity index (χ3v) is 3.09. The molecule has 0 aromatic heterocycles. The standard InChI is InChI=1S/C11H12ClN3O/c1-8-11(2,14-16)7-15(13-8)10-5-3-9(12)4-6-10/h3-6H,7H2,1-2H3/t11-/m1/s1. The monoisotopic (exact) mass is 237 g/mol. The zero-order valence-electron chi connectivity index (χ0n) is 9.14. The third kappa shape index (κ3) is 1.80. The Morgan fingerprint density at radius 1 is 1.44 bits per heavy atom. The number of hydrogen-bond acceptors (Lipinski definition) is 4. The minimum atomic E-state index is -0.723. The van der Waals surface area contributed by atoms with E-state index in [2.05, 4.69) is 10.3 Å². The van der Waals surface area contributed by atoms with E-state index in [1.807, 2.05) is 19.1 Å². The summed E-state index contributed by atoms with van der Waals surface area (Å²) in [6.45, 7) is 4.08.